The van der Waals surface area contributed by atoms with Crippen LogP contribution in [0, 0.1) is 17.3 Å². The van der Waals surface area contributed by atoms with E-state index in [1.807, 2.05) is 19.1 Å². The first kappa shape index (κ1) is 18.8. The van der Waals surface area contributed by atoms with E-state index < -0.39 is 11.0 Å². The summed E-state index contributed by atoms with van der Waals surface area (Å²) in [4.78, 5) is 25.0. The number of nitrogens with one attached hydrogen (secondary N) is 1. The van der Waals surface area contributed by atoms with Gasteiger partial charge in [0, 0.05) is 5.02 Å². The van der Waals surface area contributed by atoms with Crippen molar-refractivity contribution in [1.82, 2.24) is 5.32 Å². The average molecular weight is 392 g/mol. The lowest BCUT2D eigenvalue weighted by Gasteiger charge is -2.58. The van der Waals surface area contributed by atoms with Crippen molar-refractivity contribution < 1.29 is 19.4 Å². The van der Waals surface area contributed by atoms with Crippen LogP contribution in [0.15, 0.2) is 24.3 Å². The Bertz CT molecular complexity index is 733. The first-order valence-corrected chi connectivity index (χ1v) is 10.1. The highest BCUT2D eigenvalue weighted by Crippen LogP contribution is 2.61. The van der Waals surface area contributed by atoms with E-state index in [1.165, 1.54) is 0 Å². The number of rotatable bonds is 5. The summed E-state index contributed by atoms with van der Waals surface area (Å²) >= 11 is 5.88. The van der Waals surface area contributed by atoms with Crippen LogP contribution < -0.4 is 5.32 Å². The summed E-state index contributed by atoms with van der Waals surface area (Å²) in [7, 11) is 0. The lowest BCUT2D eigenvalue weighted by Crippen LogP contribution is -2.58. The number of carbonyl (C=O) groups excluding carboxylic acids is 2. The Morgan fingerprint density at radius 3 is 2.44 bits per heavy atom. The summed E-state index contributed by atoms with van der Waals surface area (Å²) in [6, 6.07) is 7.06. The molecule has 0 heterocycles. The molecular weight excluding hydrogens is 366 g/mol. The summed E-state index contributed by atoms with van der Waals surface area (Å²) in [5.74, 6) is 0.170. The average Bonchev–Trinajstić information content (AvgIpc) is 2.58. The van der Waals surface area contributed by atoms with Gasteiger partial charge in [-0.25, -0.2) is 0 Å². The monoisotopic (exact) mass is 391 g/mol. The highest BCUT2D eigenvalue weighted by Gasteiger charge is 2.60. The third-order valence-corrected chi connectivity index (χ3v) is 6.80. The van der Waals surface area contributed by atoms with Crippen molar-refractivity contribution in [3.05, 3.63) is 34.9 Å². The maximum atomic E-state index is 12.8. The summed E-state index contributed by atoms with van der Waals surface area (Å²) in [5.41, 5.74) is -0.377. The number of halogens is 1. The van der Waals surface area contributed by atoms with Crippen LogP contribution in [0.4, 0.5) is 0 Å². The summed E-state index contributed by atoms with van der Waals surface area (Å²) in [6.07, 6.45) is 4.77. The molecule has 146 valence electrons. The van der Waals surface area contributed by atoms with Gasteiger partial charge in [0.2, 0.25) is 0 Å². The Kier molecular flexibility index (Phi) is 4.71. The van der Waals surface area contributed by atoms with Gasteiger partial charge in [-0.05, 0) is 75.0 Å². The van der Waals surface area contributed by atoms with Crippen LogP contribution in [0.3, 0.4) is 0 Å². The third kappa shape index (κ3) is 3.72. The summed E-state index contributed by atoms with van der Waals surface area (Å²) in [6.45, 7) is 1.59. The van der Waals surface area contributed by atoms with E-state index in [9.17, 15) is 14.7 Å². The van der Waals surface area contributed by atoms with Gasteiger partial charge in [0.1, 0.15) is 0 Å². The predicted molar refractivity (Wildman–Crippen MR) is 101 cm³/mol. The molecule has 6 heteroatoms. The highest BCUT2D eigenvalue weighted by molar-refractivity contribution is 6.30. The van der Waals surface area contributed by atoms with E-state index in [0.29, 0.717) is 23.3 Å². The molecule has 4 saturated carbocycles. The molecular formula is C21H26ClNO4. The van der Waals surface area contributed by atoms with E-state index in [-0.39, 0.29) is 24.5 Å². The van der Waals surface area contributed by atoms with Gasteiger partial charge in [-0.2, -0.15) is 0 Å². The minimum absolute atomic E-state index is 0.200. The molecule has 0 aliphatic heterocycles. The molecule has 0 saturated heterocycles. The Hall–Kier alpha value is -1.59. The number of hydrogen-bond donors (Lipinski definition) is 2. The number of amides is 1. The molecule has 4 fully saturated rings. The summed E-state index contributed by atoms with van der Waals surface area (Å²) < 4.78 is 5.41. The van der Waals surface area contributed by atoms with Gasteiger partial charge in [0.15, 0.2) is 6.61 Å². The fourth-order valence-electron chi connectivity index (χ4n) is 5.86. The molecule has 27 heavy (non-hydrogen) atoms. The molecule has 2 unspecified atom stereocenters. The number of aliphatic hydroxyl groups is 1. The van der Waals surface area contributed by atoms with Crippen molar-refractivity contribution >= 4 is 23.5 Å². The van der Waals surface area contributed by atoms with Crippen LogP contribution in [-0.4, -0.2) is 29.2 Å². The molecule has 5 atom stereocenters. The number of benzene rings is 1. The van der Waals surface area contributed by atoms with Crippen molar-refractivity contribution in [2.75, 3.05) is 6.61 Å². The number of esters is 1. The zero-order valence-electron chi connectivity index (χ0n) is 15.5. The molecule has 0 spiro atoms. The molecule has 4 bridgehead atoms. The quantitative estimate of drug-likeness (QED) is 0.754. The Morgan fingerprint density at radius 1 is 1.22 bits per heavy atom. The van der Waals surface area contributed by atoms with Crippen LogP contribution in [0.1, 0.15) is 57.1 Å². The fourth-order valence-corrected chi connectivity index (χ4v) is 5.98. The Labute approximate surface area is 164 Å². The first-order chi connectivity index (χ1) is 12.8. The van der Waals surface area contributed by atoms with E-state index >= 15 is 0 Å². The van der Waals surface area contributed by atoms with Gasteiger partial charge in [-0.15, -0.1) is 0 Å². The van der Waals surface area contributed by atoms with Crippen LogP contribution in [0.25, 0.3) is 0 Å². The normalized spacial score (nSPS) is 34.9. The second-order valence-corrected chi connectivity index (χ2v) is 9.32. The molecule has 1 amide bonds. The number of hydrogen-bond acceptors (Lipinski definition) is 4. The topological polar surface area (TPSA) is 75.6 Å². The second kappa shape index (κ2) is 6.78. The Balaban J connectivity index is 1.33. The number of carbonyl (C=O) groups is 2. The van der Waals surface area contributed by atoms with E-state index in [1.54, 1.807) is 12.1 Å². The molecule has 1 aromatic rings. The van der Waals surface area contributed by atoms with Gasteiger partial charge in [0.25, 0.3) is 5.91 Å². The second-order valence-electron chi connectivity index (χ2n) is 8.88. The molecule has 5 nitrogen and oxygen atoms in total. The number of ether oxygens (including phenoxy) is 1. The van der Waals surface area contributed by atoms with Crippen LogP contribution in [0.5, 0.6) is 0 Å². The van der Waals surface area contributed by atoms with Crippen molar-refractivity contribution in [1.29, 1.82) is 0 Å². The van der Waals surface area contributed by atoms with Crippen molar-refractivity contribution in [3.63, 3.8) is 0 Å². The minimum Gasteiger partial charge on any atom is -0.455 e. The molecule has 2 N–H and O–H groups in total. The maximum Gasteiger partial charge on any atom is 0.312 e. The van der Waals surface area contributed by atoms with E-state index in [2.05, 4.69) is 5.32 Å². The third-order valence-electron chi connectivity index (χ3n) is 6.55. The van der Waals surface area contributed by atoms with Gasteiger partial charge < -0.3 is 15.2 Å². The Morgan fingerprint density at radius 2 is 1.85 bits per heavy atom. The van der Waals surface area contributed by atoms with Gasteiger partial charge >= 0.3 is 5.97 Å². The van der Waals surface area contributed by atoms with E-state index in [4.69, 9.17) is 16.3 Å². The smallest absolute Gasteiger partial charge is 0.312 e. The molecule has 0 radical (unpaired) electrons. The van der Waals surface area contributed by atoms with Crippen molar-refractivity contribution in [2.45, 2.75) is 57.1 Å². The van der Waals surface area contributed by atoms with Crippen LogP contribution in [0.2, 0.25) is 5.02 Å². The molecule has 4 aliphatic rings. The lowest BCUT2D eigenvalue weighted by molar-refractivity contribution is -0.196. The molecule has 4 aliphatic carbocycles. The maximum absolute atomic E-state index is 12.8. The predicted octanol–water partition coefficient (Wildman–Crippen LogP) is 3.39. The standard InChI is InChI=1S/C21H26ClNO4/c1-13(16-2-4-17(22)5-3-16)23-18(24)11-27-19(25)20-7-14-6-15(8-20)10-21(26,9-14)12-20/h2-5,13-15,26H,6-12H2,1H3,(H,23,24)/t13-,14-,15+,20?,21?/m0/s1. The first-order valence-electron chi connectivity index (χ1n) is 9.71. The van der Waals surface area contributed by atoms with Gasteiger partial charge in [-0.1, -0.05) is 23.7 Å². The lowest BCUT2D eigenvalue weighted by atomic mass is 9.48. The SMILES string of the molecule is C[C@H](NC(=O)COC(=O)C12C[C@@H]3C[C@@H](CC(O)(C3)C1)C2)c1ccc(Cl)cc1. The molecule has 0 aromatic heterocycles. The van der Waals surface area contributed by atoms with Gasteiger partial charge in [-0.3, -0.25) is 9.59 Å². The summed E-state index contributed by atoms with van der Waals surface area (Å²) in [5, 5.41) is 14.2. The van der Waals surface area contributed by atoms with Crippen LogP contribution in [-0.2, 0) is 14.3 Å². The largest absolute Gasteiger partial charge is 0.455 e. The highest BCUT2D eigenvalue weighted by atomic mass is 35.5. The molecule has 5 rings (SSSR count). The van der Waals surface area contributed by atoms with Crippen molar-refractivity contribution in [3.8, 4) is 0 Å². The van der Waals surface area contributed by atoms with Gasteiger partial charge in [0.05, 0.1) is 17.1 Å². The zero-order valence-corrected chi connectivity index (χ0v) is 16.3. The minimum atomic E-state index is -0.714. The zero-order chi connectivity index (χ0) is 19.2. The molecule has 1 aromatic carbocycles. The van der Waals surface area contributed by atoms with Crippen molar-refractivity contribution in [2.24, 2.45) is 17.3 Å². The van der Waals surface area contributed by atoms with Crippen LogP contribution >= 0.6 is 11.6 Å². The fraction of sp³-hybridized carbons (Fsp3) is 0.619. The van der Waals surface area contributed by atoms with E-state index in [0.717, 1.165) is 37.7 Å².